The highest BCUT2D eigenvalue weighted by Gasteiger charge is 2.33. The van der Waals surface area contributed by atoms with Crippen molar-refractivity contribution in [3.63, 3.8) is 0 Å². The van der Waals surface area contributed by atoms with Crippen molar-refractivity contribution in [3.05, 3.63) is 64.7 Å². The molecule has 1 aliphatic heterocycles. The molecule has 0 aliphatic carbocycles. The highest BCUT2D eigenvalue weighted by molar-refractivity contribution is 5.91. The zero-order chi connectivity index (χ0) is 21.9. The Balaban J connectivity index is 1.79. The van der Waals surface area contributed by atoms with E-state index in [1.807, 2.05) is 58.0 Å². The number of hydrogen-bond acceptors (Lipinski definition) is 5. The largest absolute Gasteiger partial charge is 0.491 e. The maximum absolute atomic E-state index is 12.9. The summed E-state index contributed by atoms with van der Waals surface area (Å²) in [6, 6.07) is 13.2. The summed E-state index contributed by atoms with van der Waals surface area (Å²) in [4.78, 5) is 26.5. The first kappa shape index (κ1) is 21.7. The minimum absolute atomic E-state index is 0.183. The molecule has 0 saturated carbocycles. The van der Waals surface area contributed by atoms with Gasteiger partial charge in [0.1, 0.15) is 18.0 Å². The molecule has 0 aromatic heterocycles. The van der Waals surface area contributed by atoms with Crippen molar-refractivity contribution >= 4 is 12.1 Å². The van der Waals surface area contributed by atoms with Crippen molar-refractivity contribution in [2.45, 2.75) is 52.3 Å². The van der Waals surface area contributed by atoms with Gasteiger partial charge in [0.15, 0.2) is 0 Å². The minimum atomic E-state index is -0.578. The van der Waals surface area contributed by atoms with Crippen molar-refractivity contribution < 1.29 is 23.8 Å². The van der Waals surface area contributed by atoms with E-state index >= 15 is 0 Å². The fraction of sp³-hybridized carbons (Fsp3) is 0.417. The number of carbonyl (C=O) groups excluding carboxylic acids is 2. The van der Waals surface area contributed by atoms with Gasteiger partial charge in [0.05, 0.1) is 18.7 Å². The minimum Gasteiger partial charge on any atom is -0.491 e. The first-order chi connectivity index (χ1) is 14.2. The van der Waals surface area contributed by atoms with Gasteiger partial charge < -0.3 is 14.2 Å². The summed E-state index contributed by atoms with van der Waals surface area (Å²) in [7, 11) is 1.35. The zero-order valence-electron chi connectivity index (χ0n) is 18.2. The summed E-state index contributed by atoms with van der Waals surface area (Å²) in [5, 5.41) is 0. The molecule has 0 spiro atoms. The van der Waals surface area contributed by atoms with E-state index in [1.165, 1.54) is 12.7 Å². The van der Waals surface area contributed by atoms with Crippen molar-refractivity contribution in [1.82, 2.24) is 4.90 Å². The Morgan fingerprint density at radius 2 is 1.80 bits per heavy atom. The van der Waals surface area contributed by atoms with Crippen LogP contribution in [0.2, 0.25) is 0 Å². The lowest BCUT2D eigenvalue weighted by molar-refractivity contribution is 0.00623. The molecule has 2 aromatic rings. The average molecular weight is 411 g/mol. The van der Waals surface area contributed by atoms with Gasteiger partial charge in [-0.05, 0) is 62.9 Å². The molecule has 2 aromatic carbocycles. The second-order valence-electron chi connectivity index (χ2n) is 8.51. The van der Waals surface area contributed by atoms with Gasteiger partial charge in [0.25, 0.3) is 0 Å². The van der Waals surface area contributed by atoms with Gasteiger partial charge in [-0.15, -0.1) is 0 Å². The monoisotopic (exact) mass is 411 g/mol. The molecular formula is C24H29NO5. The summed E-state index contributed by atoms with van der Waals surface area (Å²) in [5.74, 6) is 0.156. The number of nitrogens with zero attached hydrogens (tertiary/aromatic N) is 1. The summed E-state index contributed by atoms with van der Waals surface area (Å²) in [6.07, 6.45) is 0.315. The van der Waals surface area contributed by atoms with Crippen LogP contribution in [0.25, 0.3) is 0 Å². The van der Waals surface area contributed by atoms with E-state index in [1.54, 1.807) is 11.0 Å². The quantitative estimate of drug-likeness (QED) is 0.692. The molecule has 0 radical (unpaired) electrons. The van der Waals surface area contributed by atoms with Crippen molar-refractivity contribution in [2.24, 2.45) is 0 Å². The second kappa shape index (κ2) is 8.78. The third-order valence-electron chi connectivity index (χ3n) is 5.04. The Bertz CT molecular complexity index is 931. The van der Waals surface area contributed by atoms with E-state index in [0.717, 1.165) is 11.1 Å². The summed E-state index contributed by atoms with van der Waals surface area (Å²) < 4.78 is 16.5. The molecule has 3 rings (SSSR count). The number of ether oxygens (including phenoxy) is 3. The number of aryl methyl sites for hydroxylation is 1. The van der Waals surface area contributed by atoms with Crippen LogP contribution < -0.4 is 4.74 Å². The van der Waals surface area contributed by atoms with Gasteiger partial charge in [-0.25, -0.2) is 9.59 Å². The van der Waals surface area contributed by atoms with Crippen LogP contribution in [0.5, 0.6) is 5.75 Å². The highest BCUT2D eigenvalue weighted by atomic mass is 16.6. The topological polar surface area (TPSA) is 65.1 Å². The highest BCUT2D eigenvalue weighted by Crippen LogP contribution is 2.26. The predicted octanol–water partition coefficient (Wildman–Crippen LogP) is 4.52. The molecule has 1 heterocycles. The number of benzene rings is 2. The van der Waals surface area contributed by atoms with Crippen LogP contribution in [-0.2, 0) is 22.4 Å². The fourth-order valence-electron chi connectivity index (χ4n) is 3.48. The molecule has 0 bridgehead atoms. The van der Waals surface area contributed by atoms with Crippen LogP contribution in [-0.4, -0.2) is 42.3 Å². The number of carbonyl (C=O) groups is 2. The molecule has 6 nitrogen and oxygen atoms in total. The van der Waals surface area contributed by atoms with Crippen LogP contribution >= 0.6 is 0 Å². The molecule has 1 unspecified atom stereocenters. The lowest BCUT2D eigenvalue weighted by Gasteiger charge is -2.37. The van der Waals surface area contributed by atoms with Crippen molar-refractivity contribution in [1.29, 1.82) is 0 Å². The van der Waals surface area contributed by atoms with E-state index in [0.29, 0.717) is 24.3 Å². The van der Waals surface area contributed by atoms with Gasteiger partial charge >= 0.3 is 12.1 Å². The van der Waals surface area contributed by atoms with Crippen LogP contribution in [0.4, 0.5) is 4.79 Å². The maximum atomic E-state index is 12.9. The van der Waals surface area contributed by atoms with Crippen LogP contribution in [0.1, 0.15) is 47.8 Å². The molecule has 0 N–H and O–H groups in total. The lowest BCUT2D eigenvalue weighted by atomic mass is 9.94. The van der Waals surface area contributed by atoms with Gasteiger partial charge in [-0.1, -0.05) is 30.3 Å². The predicted molar refractivity (Wildman–Crippen MR) is 114 cm³/mol. The van der Waals surface area contributed by atoms with Crippen LogP contribution in [0.15, 0.2) is 42.5 Å². The number of amides is 1. The van der Waals surface area contributed by atoms with E-state index < -0.39 is 11.6 Å². The summed E-state index contributed by atoms with van der Waals surface area (Å²) in [5.41, 5.74) is 3.02. The van der Waals surface area contributed by atoms with Crippen molar-refractivity contribution in [2.75, 3.05) is 13.7 Å². The molecule has 0 fully saturated rings. The van der Waals surface area contributed by atoms with Gasteiger partial charge in [0.2, 0.25) is 0 Å². The Morgan fingerprint density at radius 3 is 2.47 bits per heavy atom. The SMILES string of the molecule is COC(=O)c1cc(OCC2Cc3ccccc3CN2C(=O)OC(C)(C)C)ccc1C. The summed E-state index contributed by atoms with van der Waals surface area (Å²) in [6.45, 7) is 8.18. The number of esters is 1. The third kappa shape index (κ3) is 5.12. The lowest BCUT2D eigenvalue weighted by Crippen LogP contribution is -2.49. The Labute approximate surface area is 177 Å². The van der Waals surface area contributed by atoms with Gasteiger partial charge in [0, 0.05) is 6.54 Å². The Kier molecular flexibility index (Phi) is 6.34. The van der Waals surface area contributed by atoms with Crippen LogP contribution in [0.3, 0.4) is 0 Å². The maximum Gasteiger partial charge on any atom is 0.410 e. The Morgan fingerprint density at radius 1 is 1.10 bits per heavy atom. The van der Waals surface area contributed by atoms with Gasteiger partial charge in [-0.3, -0.25) is 4.90 Å². The molecule has 1 atom stereocenters. The van der Waals surface area contributed by atoms with E-state index in [9.17, 15) is 9.59 Å². The molecule has 30 heavy (non-hydrogen) atoms. The fourth-order valence-corrected chi connectivity index (χ4v) is 3.48. The zero-order valence-corrected chi connectivity index (χ0v) is 18.2. The second-order valence-corrected chi connectivity index (χ2v) is 8.51. The number of fused-ring (bicyclic) bond motifs is 1. The number of rotatable bonds is 4. The molecule has 160 valence electrons. The Hall–Kier alpha value is -3.02. The number of methoxy groups -OCH3 is 1. The average Bonchev–Trinajstić information content (AvgIpc) is 2.70. The van der Waals surface area contributed by atoms with E-state index in [-0.39, 0.29) is 18.7 Å². The van der Waals surface area contributed by atoms with E-state index in [4.69, 9.17) is 14.2 Å². The first-order valence-electron chi connectivity index (χ1n) is 10.1. The normalized spacial score (nSPS) is 15.9. The first-order valence-corrected chi connectivity index (χ1v) is 10.1. The van der Waals surface area contributed by atoms with Crippen LogP contribution in [0, 0.1) is 6.92 Å². The number of hydrogen-bond donors (Lipinski definition) is 0. The molecule has 1 aliphatic rings. The van der Waals surface area contributed by atoms with Gasteiger partial charge in [-0.2, -0.15) is 0 Å². The standard InChI is InChI=1S/C24H29NO5/c1-16-10-11-20(13-21(16)22(26)28-5)29-15-19-12-17-8-6-7-9-18(17)14-25(19)23(27)30-24(2,3)4/h6-11,13,19H,12,14-15H2,1-5H3. The third-order valence-corrected chi connectivity index (χ3v) is 5.04. The molecule has 0 saturated heterocycles. The molecule has 1 amide bonds. The van der Waals surface area contributed by atoms with Crippen molar-refractivity contribution in [3.8, 4) is 5.75 Å². The molecular weight excluding hydrogens is 382 g/mol. The van der Waals surface area contributed by atoms with E-state index in [2.05, 4.69) is 6.07 Å². The smallest absolute Gasteiger partial charge is 0.410 e. The molecule has 6 heteroatoms. The summed E-state index contributed by atoms with van der Waals surface area (Å²) >= 11 is 0.